The number of furan rings is 1. The zero-order valence-corrected chi connectivity index (χ0v) is 14.3. The molecule has 1 aromatic carbocycles. The highest BCUT2D eigenvalue weighted by molar-refractivity contribution is 6.11. The normalized spacial score (nSPS) is 14.9. The number of carbonyl (C=O) groups is 2. The molecular weight excluding hydrogens is 304 g/mol. The van der Waals surface area contributed by atoms with Crippen molar-refractivity contribution in [1.82, 2.24) is 4.90 Å². The van der Waals surface area contributed by atoms with Gasteiger partial charge >= 0.3 is 0 Å². The van der Waals surface area contributed by atoms with Crippen LogP contribution in [0, 0.1) is 5.92 Å². The van der Waals surface area contributed by atoms with Crippen molar-refractivity contribution in [3.63, 3.8) is 0 Å². The molecule has 0 aliphatic heterocycles. The molecule has 2 amide bonds. The van der Waals surface area contributed by atoms with Crippen LogP contribution in [-0.2, 0) is 4.79 Å². The summed E-state index contributed by atoms with van der Waals surface area (Å²) in [6.07, 6.45) is 4.02. The first kappa shape index (κ1) is 16.6. The summed E-state index contributed by atoms with van der Waals surface area (Å²) in [5, 5.41) is 3.76. The summed E-state index contributed by atoms with van der Waals surface area (Å²) >= 11 is 0. The van der Waals surface area contributed by atoms with E-state index in [0.717, 1.165) is 31.1 Å². The van der Waals surface area contributed by atoms with Gasteiger partial charge in [-0.25, -0.2) is 0 Å². The number of rotatable bonds is 5. The maximum atomic E-state index is 12.8. The molecule has 0 saturated heterocycles. The van der Waals surface area contributed by atoms with Gasteiger partial charge < -0.3 is 14.6 Å². The lowest BCUT2D eigenvalue weighted by Gasteiger charge is -2.18. The third-order valence-electron chi connectivity index (χ3n) is 4.81. The van der Waals surface area contributed by atoms with E-state index in [-0.39, 0.29) is 23.5 Å². The molecule has 0 unspecified atom stereocenters. The summed E-state index contributed by atoms with van der Waals surface area (Å²) < 4.78 is 5.80. The number of carbonyl (C=O) groups excluding carboxylic acids is 2. The average Bonchev–Trinajstić information content (AvgIpc) is 3.24. The number of fused-ring (bicyclic) bond motifs is 1. The smallest absolute Gasteiger partial charge is 0.291 e. The Morgan fingerprint density at radius 2 is 1.83 bits per heavy atom. The van der Waals surface area contributed by atoms with Crippen molar-refractivity contribution in [3.05, 3.63) is 30.0 Å². The number of nitrogens with zero attached hydrogens (tertiary/aromatic N) is 1. The molecule has 1 saturated carbocycles. The molecule has 1 fully saturated rings. The fourth-order valence-electron chi connectivity index (χ4n) is 3.39. The molecule has 5 heteroatoms. The molecule has 1 aromatic heterocycles. The molecule has 1 aliphatic rings. The summed E-state index contributed by atoms with van der Waals surface area (Å²) in [5.41, 5.74) is 1.13. The molecule has 0 spiro atoms. The van der Waals surface area contributed by atoms with Crippen molar-refractivity contribution in [2.75, 3.05) is 18.4 Å². The highest BCUT2D eigenvalue weighted by Gasteiger charge is 2.28. The van der Waals surface area contributed by atoms with Gasteiger partial charge in [-0.15, -0.1) is 0 Å². The largest absolute Gasteiger partial charge is 0.449 e. The second-order valence-corrected chi connectivity index (χ2v) is 6.25. The lowest BCUT2D eigenvalue weighted by Crippen LogP contribution is -2.31. The third-order valence-corrected chi connectivity index (χ3v) is 4.81. The topological polar surface area (TPSA) is 62.6 Å². The molecule has 1 heterocycles. The SMILES string of the molecule is CCN(CC)C(=O)c1oc2ccccc2c1NC(=O)C1CCCC1. The van der Waals surface area contributed by atoms with Crippen LogP contribution in [0.5, 0.6) is 0 Å². The van der Waals surface area contributed by atoms with E-state index in [1.807, 2.05) is 38.1 Å². The number of nitrogens with one attached hydrogen (secondary N) is 1. The maximum absolute atomic E-state index is 12.8. The highest BCUT2D eigenvalue weighted by Crippen LogP contribution is 2.33. The van der Waals surface area contributed by atoms with Gasteiger partial charge in [0.05, 0.1) is 0 Å². The summed E-state index contributed by atoms with van der Waals surface area (Å²) in [6, 6.07) is 7.44. The van der Waals surface area contributed by atoms with Crippen LogP contribution in [0.2, 0.25) is 0 Å². The highest BCUT2D eigenvalue weighted by atomic mass is 16.3. The molecule has 2 aromatic rings. The number of benzene rings is 1. The van der Waals surface area contributed by atoms with Crippen LogP contribution in [0.3, 0.4) is 0 Å². The zero-order chi connectivity index (χ0) is 17.1. The van der Waals surface area contributed by atoms with Crippen LogP contribution in [0.1, 0.15) is 50.1 Å². The van der Waals surface area contributed by atoms with E-state index in [2.05, 4.69) is 5.32 Å². The van der Waals surface area contributed by atoms with E-state index >= 15 is 0 Å². The number of amides is 2. The van der Waals surface area contributed by atoms with Gasteiger partial charge in [-0.2, -0.15) is 0 Å². The van der Waals surface area contributed by atoms with E-state index in [4.69, 9.17) is 4.42 Å². The second kappa shape index (κ2) is 7.07. The third kappa shape index (κ3) is 3.03. The number of hydrogen-bond donors (Lipinski definition) is 1. The fourth-order valence-corrected chi connectivity index (χ4v) is 3.39. The van der Waals surface area contributed by atoms with Gasteiger partial charge in [0.25, 0.3) is 5.91 Å². The standard InChI is InChI=1S/C19H24N2O3/c1-3-21(4-2)19(23)17-16(14-11-7-8-12-15(14)24-17)20-18(22)13-9-5-6-10-13/h7-8,11-13H,3-6,9-10H2,1-2H3,(H,20,22). The Bertz CT molecular complexity index is 740. The Morgan fingerprint density at radius 1 is 1.17 bits per heavy atom. The van der Waals surface area contributed by atoms with E-state index in [0.29, 0.717) is 24.4 Å². The van der Waals surface area contributed by atoms with Crippen LogP contribution in [0.4, 0.5) is 5.69 Å². The summed E-state index contributed by atoms with van der Waals surface area (Å²) in [4.78, 5) is 27.0. The Balaban J connectivity index is 1.98. The van der Waals surface area contributed by atoms with Crippen molar-refractivity contribution < 1.29 is 14.0 Å². The molecule has 128 valence electrons. The van der Waals surface area contributed by atoms with Gasteiger partial charge in [0.2, 0.25) is 11.7 Å². The Labute approximate surface area is 142 Å². The molecule has 0 atom stereocenters. The van der Waals surface area contributed by atoms with Crippen molar-refractivity contribution in [2.45, 2.75) is 39.5 Å². The lowest BCUT2D eigenvalue weighted by molar-refractivity contribution is -0.119. The first-order chi connectivity index (χ1) is 11.7. The summed E-state index contributed by atoms with van der Waals surface area (Å²) in [7, 11) is 0. The Kier molecular flexibility index (Phi) is 4.88. The van der Waals surface area contributed by atoms with Gasteiger partial charge in [0.1, 0.15) is 11.3 Å². The minimum absolute atomic E-state index is 0.00681. The van der Waals surface area contributed by atoms with Crippen LogP contribution < -0.4 is 5.32 Å². The van der Waals surface area contributed by atoms with Crippen LogP contribution in [-0.4, -0.2) is 29.8 Å². The molecule has 0 radical (unpaired) electrons. The fraction of sp³-hybridized carbons (Fsp3) is 0.474. The van der Waals surface area contributed by atoms with Crippen molar-refractivity contribution in [2.24, 2.45) is 5.92 Å². The Hall–Kier alpha value is -2.30. The van der Waals surface area contributed by atoms with Crippen molar-refractivity contribution in [1.29, 1.82) is 0 Å². The second-order valence-electron chi connectivity index (χ2n) is 6.25. The first-order valence-corrected chi connectivity index (χ1v) is 8.77. The zero-order valence-electron chi connectivity index (χ0n) is 14.3. The summed E-state index contributed by atoms with van der Waals surface area (Å²) in [5.74, 6) is 0.0758. The van der Waals surface area contributed by atoms with Gasteiger partial charge in [0, 0.05) is 24.4 Å². The van der Waals surface area contributed by atoms with Crippen molar-refractivity contribution in [3.8, 4) is 0 Å². The minimum Gasteiger partial charge on any atom is -0.449 e. The molecule has 24 heavy (non-hydrogen) atoms. The first-order valence-electron chi connectivity index (χ1n) is 8.77. The van der Waals surface area contributed by atoms with E-state index < -0.39 is 0 Å². The Morgan fingerprint density at radius 3 is 2.50 bits per heavy atom. The van der Waals surface area contributed by atoms with Crippen LogP contribution in [0.15, 0.2) is 28.7 Å². The summed E-state index contributed by atoms with van der Waals surface area (Å²) in [6.45, 7) is 5.06. The molecule has 0 bridgehead atoms. The number of anilines is 1. The van der Waals surface area contributed by atoms with Gasteiger partial charge in [-0.1, -0.05) is 25.0 Å². The van der Waals surface area contributed by atoms with Crippen molar-refractivity contribution >= 4 is 28.5 Å². The quantitative estimate of drug-likeness (QED) is 0.901. The molecule has 1 N–H and O–H groups in total. The predicted molar refractivity (Wildman–Crippen MR) is 94.1 cm³/mol. The van der Waals surface area contributed by atoms with Crippen LogP contribution >= 0.6 is 0 Å². The predicted octanol–water partition coefficient (Wildman–Crippen LogP) is 4.04. The van der Waals surface area contributed by atoms with Crippen LogP contribution in [0.25, 0.3) is 11.0 Å². The van der Waals surface area contributed by atoms with E-state index in [1.165, 1.54) is 0 Å². The minimum atomic E-state index is -0.182. The average molecular weight is 328 g/mol. The maximum Gasteiger partial charge on any atom is 0.291 e. The van der Waals surface area contributed by atoms with E-state index in [1.54, 1.807) is 4.90 Å². The van der Waals surface area contributed by atoms with Gasteiger partial charge in [-0.3, -0.25) is 9.59 Å². The molecule has 3 rings (SSSR count). The van der Waals surface area contributed by atoms with Gasteiger partial charge in [0.15, 0.2) is 0 Å². The molecule has 1 aliphatic carbocycles. The van der Waals surface area contributed by atoms with E-state index in [9.17, 15) is 9.59 Å². The molecule has 5 nitrogen and oxygen atoms in total. The molecular formula is C19H24N2O3. The monoisotopic (exact) mass is 328 g/mol. The number of para-hydroxylation sites is 1. The van der Waals surface area contributed by atoms with Gasteiger partial charge in [-0.05, 0) is 38.8 Å². The number of hydrogen-bond acceptors (Lipinski definition) is 3. The lowest BCUT2D eigenvalue weighted by atomic mass is 10.1.